The maximum Gasteiger partial charge on any atom is 0.270 e. The van der Waals surface area contributed by atoms with Crippen molar-refractivity contribution >= 4 is 17.5 Å². The molecule has 0 fully saturated rings. The maximum atomic E-state index is 12.6. The van der Waals surface area contributed by atoms with Crippen LogP contribution in [0.5, 0.6) is 5.75 Å². The van der Waals surface area contributed by atoms with E-state index in [1.807, 2.05) is 50.2 Å². The van der Waals surface area contributed by atoms with Gasteiger partial charge in [-0.15, -0.1) is 0 Å². The minimum absolute atomic E-state index is 0.220. The zero-order valence-electron chi connectivity index (χ0n) is 17.2. The summed E-state index contributed by atoms with van der Waals surface area (Å²) in [5, 5.41) is 6.15. The molecule has 6 heteroatoms. The summed E-state index contributed by atoms with van der Waals surface area (Å²) in [7, 11) is 1.64. The second-order valence-electron chi connectivity index (χ2n) is 6.95. The predicted octanol–water partition coefficient (Wildman–Crippen LogP) is 4.13. The third-order valence-corrected chi connectivity index (χ3v) is 4.77. The molecule has 0 saturated carbocycles. The third-order valence-electron chi connectivity index (χ3n) is 4.77. The Hall–Kier alpha value is -3.41. The Balaban J connectivity index is 1.66. The molecule has 0 aliphatic rings. The van der Waals surface area contributed by atoms with E-state index in [0.717, 1.165) is 28.3 Å². The van der Waals surface area contributed by atoms with E-state index < -0.39 is 0 Å². The molecule has 2 aromatic carbocycles. The van der Waals surface area contributed by atoms with Crippen LogP contribution < -0.4 is 15.4 Å². The van der Waals surface area contributed by atoms with Crippen LogP contribution in [0, 0.1) is 20.8 Å². The van der Waals surface area contributed by atoms with Gasteiger partial charge in [0.15, 0.2) is 0 Å². The molecule has 0 atom stereocenters. The van der Waals surface area contributed by atoms with Gasteiger partial charge in [0.1, 0.15) is 11.4 Å². The molecule has 150 valence electrons. The number of nitrogens with zero attached hydrogens (tertiary/aromatic N) is 2. The van der Waals surface area contributed by atoms with E-state index in [4.69, 9.17) is 4.74 Å². The molecule has 3 rings (SSSR count). The van der Waals surface area contributed by atoms with Gasteiger partial charge in [-0.25, -0.2) is 9.97 Å². The van der Waals surface area contributed by atoms with E-state index in [-0.39, 0.29) is 5.91 Å². The van der Waals surface area contributed by atoms with Gasteiger partial charge in [-0.1, -0.05) is 24.3 Å². The zero-order chi connectivity index (χ0) is 20.8. The number of ether oxygens (including phenoxy) is 1. The van der Waals surface area contributed by atoms with Crippen molar-refractivity contribution in [3.8, 4) is 5.75 Å². The quantitative estimate of drug-likeness (QED) is 0.634. The van der Waals surface area contributed by atoms with E-state index in [1.165, 1.54) is 5.56 Å². The summed E-state index contributed by atoms with van der Waals surface area (Å²) in [5.41, 5.74) is 5.41. The fraction of sp³-hybridized carbons (Fsp3) is 0.261. The van der Waals surface area contributed by atoms with Gasteiger partial charge in [-0.2, -0.15) is 0 Å². The van der Waals surface area contributed by atoms with Gasteiger partial charge in [0, 0.05) is 17.9 Å². The molecular weight excluding hydrogens is 364 g/mol. The second kappa shape index (κ2) is 9.19. The topological polar surface area (TPSA) is 76.1 Å². The van der Waals surface area contributed by atoms with Gasteiger partial charge < -0.3 is 15.4 Å². The monoisotopic (exact) mass is 390 g/mol. The largest absolute Gasteiger partial charge is 0.497 e. The van der Waals surface area contributed by atoms with Gasteiger partial charge >= 0.3 is 0 Å². The Kier molecular flexibility index (Phi) is 6.44. The van der Waals surface area contributed by atoms with Crippen molar-refractivity contribution in [1.82, 2.24) is 15.3 Å². The molecular formula is C23H26N4O2. The van der Waals surface area contributed by atoms with Crippen molar-refractivity contribution < 1.29 is 9.53 Å². The highest BCUT2D eigenvalue weighted by molar-refractivity contribution is 5.92. The van der Waals surface area contributed by atoms with Crippen molar-refractivity contribution in [1.29, 1.82) is 0 Å². The fourth-order valence-electron chi connectivity index (χ4n) is 2.99. The summed E-state index contributed by atoms with van der Waals surface area (Å²) in [6.07, 6.45) is 0.709. The number of hydrogen-bond acceptors (Lipinski definition) is 5. The number of carbonyl (C=O) groups excluding carboxylic acids is 1. The number of hydrogen-bond donors (Lipinski definition) is 2. The molecule has 6 nitrogen and oxygen atoms in total. The predicted molar refractivity (Wildman–Crippen MR) is 115 cm³/mol. The Labute approximate surface area is 171 Å². The van der Waals surface area contributed by atoms with Crippen LogP contribution in [-0.2, 0) is 6.42 Å². The Morgan fingerprint density at radius 1 is 1.03 bits per heavy atom. The van der Waals surface area contributed by atoms with E-state index in [1.54, 1.807) is 13.2 Å². The molecule has 0 saturated heterocycles. The number of carbonyl (C=O) groups is 1. The average Bonchev–Trinajstić information content (AvgIpc) is 2.71. The summed E-state index contributed by atoms with van der Waals surface area (Å²) >= 11 is 0. The first kappa shape index (κ1) is 20.3. The molecule has 0 radical (unpaired) electrons. The number of anilines is 2. The van der Waals surface area contributed by atoms with Gasteiger partial charge in [0.25, 0.3) is 5.91 Å². The molecule has 1 amide bonds. The number of nitrogens with one attached hydrogen (secondary N) is 2. The highest BCUT2D eigenvalue weighted by atomic mass is 16.5. The van der Waals surface area contributed by atoms with Crippen LogP contribution >= 0.6 is 0 Å². The van der Waals surface area contributed by atoms with Gasteiger partial charge in [-0.3, -0.25) is 4.79 Å². The summed E-state index contributed by atoms with van der Waals surface area (Å²) < 4.78 is 5.23. The lowest BCUT2D eigenvalue weighted by Gasteiger charge is -2.12. The van der Waals surface area contributed by atoms with E-state index in [0.29, 0.717) is 24.6 Å². The fourth-order valence-corrected chi connectivity index (χ4v) is 2.99. The number of amides is 1. The van der Waals surface area contributed by atoms with Crippen molar-refractivity contribution in [2.75, 3.05) is 19.0 Å². The number of aryl methyl sites for hydroxylation is 2. The first-order chi connectivity index (χ1) is 14.0. The van der Waals surface area contributed by atoms with Gasteiger partial charge in [0.05, 0.1) is 7.11 Å². The smallest absolute Gasteiger partial charge is 0.270 e. The van der Waals surface area contributed by atoms with E-state index in [2.05, 4.69) is 33.6 Å². The number of methoxy groups -OCH3 is 1. The van der Waals surface area contributed by atoms with Crippen LogP contribution in [0.2, 0.25) is 0 Å². The summed E-state index contributed by atoms with van der Waals surface area (Å²) in [6.45, 7) is 6.45. The minimum Gasteiger partial charge on any atom is -0.497 e. The molecule has 1 heterocycles. The average molecular weight is 390 g/mol. The first-order valence-electron chi connectivity index (χ1n) is 9.56. The van der Waals surface area contributed by atoms with Gasteiger partial charge in [-0.05, 0) is 68.1 Å². The lowest BCUT2D eigenvalue weighted by atomic mass is 10.1. The second-order valence-corrected chi connectivity index (χ2v) is 6.95. The normalized spacial score (nSPS) is 10.5. The van der Waals surface area contributed by atoms with Crippen molar-refractivity contribution in [3.05, 3.63) is 76.6 Å². The van der Waals surface area contributed by atoms with E-state index >= 15 is 0 Å². The van der Waals surface area contributed by atoms with Gasteiger partial charge in [0.2, 0.25) is 5.95 Å². The van der Waals surface area contributed by atoms with E-state index in [9.17, 15) is 4.79 Å². The Morgan fingerprint density at radius 2 is 1.83 bits per heavy atom. The summed E-state index contributed by atoms with van der Waals surface area (Å²) in [5.74, 6) is 1.00. The zero-order valence-corrected chi connectivity index (χ0v) is 17.2. The Bertz CT molecular complexity index is 1020. The van der Waals surface area contributed by atoms with Crippen molar-refractivity contribution in [2.24, 2.45) is 0 Å². The molecule has 0 unspecified atom stereocenters. The van der Waals surface area contributed by atoms with Crippen molar-refractivity contribution in [2.45, 2.75) is 27.2 Å². The molecule has 2 N–H and O–H groups in total. The van der Waals surface area contributed by atoms with Crippen LogP contribution in [0.3, 0.4) is 0 Å². The van der Waals surface area contributed by atoms with Crippen LogP contribution in [-0.4, -0.2) is 29.5 Å². The SMILES string of the molecule is COc1cccc(CCNC(=O)c2cc(C)nc(Nc3cccc(C)c3C)n2)c1. The lowest BCUT2D eigenvalue weighted by Crippen LogP contribution is -2.27. The van der Waals surface area contributed by atoms with Crippen molar-refractivity contribution in [3.63, 3.8) is 0 Å². The molecule has 0 aliphatic carbocycles. The molecule has 0 spiro atoms. The standard InChI is InChI=1S/C23H26N4O2/c1-15-7-5-10-20(17(15)3)26-23-25-16(2)13-21(27-23)22(28)24-12-11-18-8-6-9-19(14-18)29-4/h5-10,13-14H,11-12H2,1-4H3,(H,24,28)(H,25,26,27). The summed E-state index contributed by atoms with van der Waals surface area (Å²) in [4.78, 5) is 21.4. The Morgan fingerprint density at radius 3 is 2.62 bits per heavy atom. The highest BCUT2D eigenvalue weighted by Gasteiger charge is 2.11. The lowest BCUT2D eigenvalue weighted by molar-refractivity contribution is 0.0949. The summed E-state index contributed by atoms with van der Waals surface area (Å²) in [6, 6.07) is 15.5. The molecule has 29 heavy (non-hydrogen) atoms. The van der Waals surface area contributed by atoms with Crippen LogP contribution in [0.15, 0.2) is 48.5 Å². The minimum atomic E-state index is -0.220. The van der Waals surface area contributed by atoms with Crippen LogP contribution in [0.4, 0.5) is 11.6 Å². The number of aromatic nitrogens is 2. The molecule has 0 aliphatic heterocycles. The van der Waals surface area contributed by atoms with Crippen LogP contribution in [0.1, 0.15) is 32.9 Å². The molecule has 1 aromatic heterocycles. The highest BCUT2D eigenvalue weighted by Crippen LogP contribution is 2.21. The number of benzene rings is 2. The van der Waals surface area contributed by atoms with Crippen LogP contribution in [0.25, 0.3) is 0 Å². The molecule has 0 bridgehead atoms. The maximum absolute atomic E-state index is 12.6. The third kappa shape index (κ3) is 5.31. The number of rotatable bonds is 7. The molecule has 3 aromatic rings. The first-order valence-corrected chi connectivity index (χ1v) is 9.56.